The van der Waals surface area contributed by atoms with Crippen LogP contribution in [0.1, 0.15) is 16.1 Å². The number of nitrogens with one attached hydrogen (secondary N) is 1. The fourth-order valence-corrected chi connectivity index (χ4v) is 5.43. The molecule has 2 heterocycles. The van der Waals surface area contributed by atoms with Crippen molar-refractivity contribution in [2.75, 3.05) is 31.1 Å². The lowest BCUT2D eigenvalue weighted by Gasteiger charge is -2.35. The van der Waals surface area contributed by atoms with Crippen molar-refractivity contribution in [1.29, 1.82) is 0 Å². The van der Waals surface area contributed by atoms with Crippen LogP contribution in [0, 0.1) is 5.82 Å². The summed E-state index contributed by atoms with van der Waals surface area (Å²) in [6.45, 7) is 1.56. The maximum absolute atomic E-state index is 13.2. The van der Waals surface area contributed by atoms with E-state index in [9.17, 15) is 17.6 Å². The minimum Gasteiger partial charge on any atom is -0.467 e. The Morgan fingerprint density at radius 1 is 1.06 bits per heavy atom. The molecule has 2 aromatic carbocycles. The Kier molecular flexibility index (Phi) is 6.50. The van der Waals surface area contributed by atoms with Gasteiger partial charge in [0.1, 0.15) is 16.5 Å². The Hall–Kier alpha value is -2.88. The molecule has 0 spiro atoms. The third kappa shape index (κ3) is 4.79. The summed E-state index contributed by atoms with van der Waals surface area (Å²) in [6, 6.07) is 13.7. The van der Waals surface area contributed by atoms with E-state index in [0.29, 0.717) is 18.8 Å². The molecule has 0 radical (unpaired) electrons. The SMILES string of the molecule is O=C(NCc1ccco1)c1ccc(Cl)c(S(=O)(=O)N2CCN(c3ccc(F)cc3)CC2)c1. The van der Waals surface area contributed by atoms with Gasteiger partial charge in [0.15, 0.2) is 0 Å². The molecule has 7 nitrogen and oxygen atoms in total. The summed E-state index contributed by atoms with van der Waals surface area (Å²) in [7, 11) is -3.90. The number of carbonyl (C=O) groups excluding carboxylic acids is 1. The maximum Gasteiger partial charge on any atom is 0.251 e. The number of carbonyl (C=O) groups is 1. The molecule has 168 valence electrons. The molecular formula is C22H21ClFN3O4S. The van der Waals surface area contributed by atoms with Gasteiger partial charge < -0.3 is 14.6 Å². The van der Waals surface area contributed by atoms with E-state index in [1.165, 1.54) is 40.9 Å². The average Bonchev–Trinajstić information content (AvgIpc) is 3.32. The lowest BCUT2D eigenvalue weighted by atomic mass is 10.2. The number of sulfonamides is 1. The molecule has 0 bridgehead atoms. The van der Waals surface area contributed by atoms with Gasteiger partial charge in [-0.2, -0.15) is 4.31 Å². The maximum atomic E-state index is 13.2. The van der Waals surface area contributed by atoms with Crippen molar-refractivity contribution in [3.63, 3.8) is 0 Å². The number of halogens is 2. The molecule has 1 aliphatic heterocycles. The Labute approximate surface area is 190 Å². The van der Waals surface area contributed by atoms with Gasteiger partial charge in [0.2, 0.25) is 10.0 Å². The second-order valence-electron chi connectivity index (χ2n) is 7.27. The molecular weight excluding hydrogens is 457 g/mol. The Bertz CT molecular complexity index is 1190. The van der Waals surface area contributed by atoms with Crippen LogP contribution in [0.3, 0.4) is 0 Å². The predicted octanol–water partition coefficient (Wildman–Crippen LogP) is 3.51. The summed E-state index contributed by atoms with van der Waals surface area (Å²) in [4.78, 5) is 14.4. The summed E-state index contributed by atoms with van der Waals surface area (Å²) in [6.07, 6.45) is 1.50. The quantitative estimate of drug-likeness (QED) is 0.587. The number of hydrogen-bond acceptors (Lipinski definition) is 5. The van der Waals surface area contributed by atoms with E-state index in [4.69, 9.17) is 16.0 Å². The molecule has 1 aliphatic rings. The molecule has 10 heteroatoms. The zero-order valence-electron chi connectivity index (χ0n) is 17.0. The largest absolute Gasteiger partial charge is 0.467 e. The van der Waals surface area contributed by atoms with Crippen molar-refractivity contribution in [2.24, 2.45) is 0 Å². The van der Waals surface area contributed by atoms with Gasteiger partial charge in [0, 0.05) is 37.4 Å². The van der Waals surface area contributed by atoms with Gasteiger partial charge in [-0.25, -0.2) is 12.8 Å². The van der Waals surface area contributed by atoms with Crippen LogP contribution in [-0.4, -0.2) is 44.8 Å². The van der Waals surface area contributed by atoms with Gasteiger partial charge in [-0.3, -0.25) is 4.79 Å². The first kappa shape index (κ1) is 22.3. The van der Waals surface area contributed by atoms with E-state index in [1.54, 1.807) is 24.3 Å². The smallest absolute Gasteiger partial charge is 0.251 e. The van der Waals surface area contributed by atoms with Crippen molar-refractivity contribution in [3.8, 4) is 0 Å². The predicted molar refractivity (Wildman–Crippen MR) is 119 cm³/mol. The topological polar surface area (TPSA) is 82.9 Å². The fraction of sp³-hybridized carbons (Fsp3) is 0.227. The third-order valence-electron chi connectivity index (χ3n) is 5.24. The van der Waals surface area contributed by atoms with Crippen LogP contribution in [-0.2, 0) is 16.6 Å². The van der Waals surface area contributed by atoms with Crippen molar-refractivity contribution < 1.29 is 22.0 Å². The minimum atomic E-state index is -3.90. The highest BCUT2D eigenvalue weighted by Gasteiger charge is 2.31. The van der Waals surface area contributed by atoms with Crippen molar-refractivity contribution in [1.82, 2.24) is 9.62 Å². The van der Waals surface area contributed by atoms with E-state index in [0.717, 1.165) is 5.69 Å². The fourth-order valence-electron chi connectivity index (χ4n) is 3.50. The zero-order valence-corrected chi connectivity index (χ0v) is 18.6. The second kappa shape index (κ2) is 9.32. The second-order valence-corrected chi connectivity index (χ2v) is 9.59. The molecule has 1 aromatic heterocycles. The van der Waals surface area contributed by atoms with Crippen molar-refractivity contribution >= 4 is 33.2 Å². The number of anilines is 1. The van der Waals surface area contributed by atoms with Crippen LogP contribution in [0.4, 0.5) is 10.1 Å². The summed E-state index contributed by atoms with van der Waals surface area (Å²) >= 11 is 6.20. The molecule has 0 aliphatic carbocycles. The summed E-state index contributed by atoms with van der Waals surface area (Å²) in [5.74, 6) is -0.174. The molecule has 32 heavy (non-hydrogen) atoms. The first-order valence-electron chi connectivity index (χ1n) is 9.95. The number of amides is 1. The normalized spacial score (nSPS) is 15.0. The van der Waals surface area contributed by atoms with Crippen LogP contribution in [0.2, 0.25) is 5.02 Å². The highest BCUT2D eigenvalue weighted by Crippen LogP contribution is 2.27. The Morgan fingerprint density at radius 2 is 1.78 bits per heavy atom. The van der Waals surface area contributed by atoms with E-state index >= 15 is 0 Å². The minimum absolute atomic E-state index is 0.0496. The highest BCUT2D eigenvalue weighted by molar-refractivity contribution is 7.89. The molecule has 0 saturated carbocycles. The number of furan rings is 1. The van der Waals surface area contributed by atoms with Crippen LogP contribution < -0.4 is 10.2 Å². The zero-order chi connectivity index (χ0) is 22.7. The first-order valence-corrected chi connectivity index (χ1v) is 11.8. The first-order chi connectivity index (χ1) is 15.3. The number of benzene rings is 2. The summed E-state index contributed by atoms with van der Waals surface area (Å²) in [5, 5.41) is 2.74. The van der Waals surface area contributed by atoms with Crippen LogP contribution in [0.5, 0.6) is 0 Å². The molecule has 1 amide bonds. The molecule has 1 fully saturated rings. The van der Waals surface area contributed by atoms with Gasteiger partial charge in [0.05, 0.1) is 17.8 Å². The summed E-state index contributed by atoms with van der Waals surface area (Å²) in [5.41, 5.74) is 1.01. The van der Waals surface area contributed by atoms with Crippen LogP contribution >= 0.6 is 11.6 Å². The highest BCUT2D eigenvalue weighted by atomic mass is 35.5. The molecule has 1 saturated heterocycles. The molecule has 0 atom stereocenters. The molecule has 1 N–H and O–H groups in total. The average molecular weight is 478 g/mol. The number of rotatable bonds is 6. The van der Waals surface area contributed by atoms with E-state index in [1.807, 2.05) is 4.90 Å². The van der Waals surface area contributed by atoms with E-state index in [-0.39, 0.29) is 40.9 Å². The van der Waals surface area contributed by atoms with Gasteiger partial charge in [-0.05, 0) is 54.6 Å². The molecule has 4 rings (SSSR count). The number of nitrogens with zero attached hydrogens (tertiary/aromatic N) is 2. The standard InChI is InChI=1S/C22H21ClFN3O4S/c23-20-8-3-16(22(28)25-15-19-2-1-13-31-19)14-21(20)32(29,30)27-11-9-26(10-12-27)18-6-4-17(24)5-7-18/h1-8,13-14H,9-12,15H2,(H,25,28). The van der Waals surface area contributed by atoms with Crippen molar-refractivity contribution in [2.45, 2.75) is 11.4 Å². The van der Waals surface area contributed by atoms with Gasteiger partial charge in [-0.15, -0.1) is 0 Å². The van der Waals surface area contributed by atoms with Gasteiger partial charge in [0.25, 0.3) is 5.91 Å². The van der Waals surface area contributed by atoms with Gasteiger partial charge in [-0.1, -0.05) is 11.6 Å². The van der Waals surface area contributed by atoms with E-state index < -0.39 is 15.9 Å². The number of piperazine rings is 1. The van der Waals surface area contributed by atoms with Crippen LogP contribution in [0.15, 0.2) is 70.2 Å². The van der Waals surface area contributed by atoms with E-state index in [2.05, 4.69) is 5.32 Å². The Balaban J connectivity index is 1.46. The molecule has 0 unspecified atom stereocenters. The lowest BCUT2D eigenvalue weighted by Crippen LogP contribution is -2.48. The Morgan fingerprint density at radius 3 is 2.44 bits per heavy atom. The molecule has 3 aromatic rings. The third-order valence-corrected chi connectivity index (χ3v) is 7.63. The van der Waals surface area contributed by atoms with Gasteiger partial charge >= 0.3 is 0 Å². The lowest BCUT2D eigenvalue weighted by molar-refractivity contribution is 0.0948. The summed E-state index contributed by atoms with van der Waals surface area (Å²) < 4.78 is 46.2. The number of hydrogen-bond donors (Lipinski definition) is 1. The van der Waals surface area contributed by atoms with Crippen LogP contribution in [0.25, 0.3) is 0 Å². The monoisotopic (exact) mass is 477 g/mol. The van der Waals surface area contributed by atoms with Crippen molar-refractivity contribution in [3.05, 3.63) is 83.0 Å².